The van der Waals surface area contributed by atoms with E-state index >= 15 is 0 Å². The summed E-state index contributed by atoms with van der Waals surface area (Å²) in [6, 6.07) is 0.473. The van der Waals surface area contributed by atoms with Crippen LogP contribution in [-0.2, 0) is 0 Å². The predicted octanol–water partition coefficient (Wildman–Crippen LogP) is 0.747. The highest BCUT2D eigenvalue weighted by atomic mass is 32.1. The van der Waals surface area contributed by atoms with Crippen LogP contribution in [0.25, 0.3) is 0 Å². The Labute approximate surface area is 62.6 Å². The van der Waals surface area contributed by atoms with Crippen LogP contribution in [0.5, 0.6) is 0 Å². The van der Waals surface area contributed by atoms with Gasteiger partial charge in [0.1, 0.15) is 0 Å². The molecule has 0 aromatic rings. The van der Waals surface area contributed by atoms with Gasteiger partial charge in [-0.25, -0.2) is 12.5 Å². The molecule has 0 saturated heterocycles. The van der Waals surface area contributed by atoms with Gasteiger partial charge in [-0.15, -0.1) is 0 Å². The van der Waals surface area contributed by atoms with E-state index in [4.69, 9.17) is 0 Å². The Morgan fingerprint density at radius 3 is 2.12 bits per heavy atom. The number of rotatable bonds is 3. The quantitative estimate of drug-likeness (QED) is 0.305. The number of hydrogen-bond acceptors (Lipinski definition) is 3. The minimum Gasteiger partial charge on any atom is -0.310 e. The molecule has 0 spiro atoms. The average molecular weight is 148 g/mol. The normalized spacial score (nSPS) is 14.1. The van der Waals surface area contributed by atoms with Crippen LogP contribution in [0.3, 0.4) is 0 Å². The Kier molecular flexibility index (Phi) is 5.01. The van der Waals surface area contributed by atoms with Gasteiger partial charge in [-0.2, -0.15) is 12.6 Å². The van der Waals surface area contributed by atoms with Crippen molar-refractivity contribution in [3.05, 3.63) is 0 Å². The summed E-state index contributed by atoms with van der Waals surface area (Å²) < 4.78 is 0. The van der Waals surface area contributed by atoms with Crippen LogP contribution in [0.2, 0.25) is 0 Å². The Bertz CT molecular complexity index is 60.0. The fourth-order valence-corrected chi connectivity index (χ4v) is 0.769. The first-order valence-corrected chi connectivity index (χ1v) is 3.61. The first-order chi connectivity index (χ1) is 3.66. The average Bonchev–Trinajstić information content (AvgIpc) is 1.65. The molecule has 0 heterocycles. The molecule has 0 aromatic heterocycles. The zero-order chi connectivity index (χ0) is 6.57. The van der Waals surface area contributed by atoms with Gasteiger partial charge in [-0.3, -0.25) is 0 Å². The van der Waals surface area contributed by atoms with Crippen molar-refractivity contribution in [2.75, 3.05) is 0 Å². The molecule has 1 unspecified atom stereocenters. The molecule has 0 rings (SSSR count). The zero-order valence-corrected chi connectivity index (χ0v) is 6.92. The lowest BCUT2D eigenvalue weighted by molar-refractivity contribution is 0.633. The van der Waals surface area contributed by atoms with Crippen molar-refractivity contribution in [2.45, 2.75) is 25.2 Å². The van der Waals surface area contributed by atoms with Crippen LogP contribution in [0.15, 0.2) is 0 Å². The molecule has 0 fully saturated rings. The van der Waals surface area contributed by atoms with Crippen molar-refractivity contribution in [3.8, 4) is 0 Å². The Morgan fingerprint density at radius 1 is 1.50 bits per heavy atom. The Morgan fingerprint density at radius 2 is 2.00 bits per heavy atom. The summed E-state index contributed by atoms with van der Waals surface area (Å²) in [6.07, 6.45) is 0. The molecule has 0 saturated carbocycles. The van der Waals surface area contributed by atoms with Crippen LogP contribution >= 0.6 is 25.1 Å². The van der Waals surface area contributed by atoms with Crippen molar-refractivity contribution in [1.29, 1.82) is 0 Å². The molecule has 1 N–H and O–H groups in total. The smallest absolute Gasteiger partial charge is 0.220 e. The van der Waals surface area contributed by atoms with E-state index < -0.39 is 0 Å². The summed E-state index contributed by atoms with van der Waals surface area (Å²) in [6.45, 7) is 5.85. The van der Waals surface area contributed by atoms with Gasteiger partial charge in [0.05, 0.1) is 0 Å². The van der Waals surface area contributed by atoms with Crippen LogP contribution in [0.4, 0.5) is 0 Å². The monoisotopic (exact) mass is 148 g/mol. The molecule has 0 aromatic carbocycles. The summed E-state index contributed by atoms with van der Waals surface area (Å²) in [5, 5.41) is 3.23. The highest BCUT2D eigenvalue weighted by molar-refractivity contribution is 8.09. The number of nitrogens with one attached hydrogen (secondary N) is 1. The summed E-state index contributed by atoms with van der Waals surface area (Å²) in [7, 11) is 0. The van der Waals surface area contributed by atoms with Crippen molar-refractivity contribution in [3.63, 3.8) is 0 Å². The van der Waals surface area contributed by atoms with Crippen LogP contribution in [-0.4, -0.2) is 17.9 Å². The second-order valence-corrected chi connectivity index (χ2v) is 2.77. The van der Waals surface area contributed by atoms with Gasteiger partial charge in [0.15, 0.2) is 0 Å². The lowest BCUT2D eigenvalue weighted by atomic mass is 10.1. The van der Waals surface area contributed by atoms with Gasteiger partial charge in [0, 0.05) is 11.3 Å². The predicted molar refractivity (Wildman–Crippen MR) is 45.8 cm³/mol. The molecule has 0 amide bonds. The molecule has 0 bridgehead atoms. The van der Waals surface area contributed by atoms with Crippen molar-refractivity contribution < 1.29 is 0 Å². The van der Waals surface area contributed by atoms with Crippen molar-refractivity contribution >= 4 is 31.7 Å². The molecule has 1 atom stereocenters. The molecule has 0 aliphatic heterocycles. The summed E-state index contributed by atoms with van der Waals surface area (Å²) in [4.78, 5) is 0. The second kappa shape index (κ2) is 4.59. The molecule has 1 nitrogen and oxygen atoms in total. The van der Waals surface area contributed by atoms with Crippen molar-refractivity contribution in [1.82, 2.24) is 5.32 Å². The lowest BCUT2D eigenvalue weighted by Gasteiger charge is -2.11. The van der Waals surface area contributed by atoms with Crippen molar-refractivity contribution in [2.24, 2.45) is 0 Å². The lowest BCUT2D eigenvalue weighted by Crippen LogP contribution is -2.33. The van der Waals surface area contributed by atoms with E-state index in [1.807, 2.05) is 0 Å². The van der Waals surface area contributed by atoms with Gasteiger partial charge in [0.25, 0.3) is 0 Å². The first-order valence-electron chi connectivity index (χ1n) is 2.58. The van der Waals surface area contributed by atoms with E-state index in [9.17, 15) is 0 Å². The maximum atomic E-state index is 4.13. The van der Waals surface area contributed by atoms with Gasteiger partial charge >= 0.3 is 0 Å². The van der Waals surface area contributed by atoms with E-state index in [-0.39, 0.29) is 5.27 Å². The van der Waals surface area contributed by atoms with Crippen LogP contribution < -0.4 is 5.32 Å². The molecule has 8 heavy (non-hydrogen) atoms. The topological polar surface area (TPSA) is 12.0 Å². The molecule has 0 aliphatic rings. The van der Waals surface area contributed by atoms with Gasteiger partial charge < -0.3 is 5.32 Å². The SMILES string of the molecule is CC(C)NC(S)[B]S. The highest BCUT2D eigenvalue weighted by Gasteiger charge is 2.00. The Balaban J connectivity index is 3.10. The highest BCUT2D eigenvalue weighted by Crippen LogP contribution is 1.91. The third-order valence-electron chi connectivity index (χ3n) is 0.645. The molecular formula is C4H11BNS2. The molecule has 47 valence electrons. The fourth-order valence-electron chi connectivity index (χ4n) is 0.385. The van der Waals surface area contributed by atoms with E-state index in [0.717, 1.165) is 0 Å². The van der Waals surface area contributed by atoms with E-state index in [1.54, 1.807) is 6.56 Å². The minimum atomic E-state index is 0.110. The molecular weight excluding hydrogens is 137 g/mol. The van der Waals surface area contributed by atoms with E-state index in [1.165, 1.54) is 0 Å². The van der Waals surface area contributed by atoms with E-state index in [0.29, 0.717) is 6.04 Å². The zero-order valence-electron chi connectivity index (χ0n) is 5.13. The van der Waals surface area contributed by atoms with Gasteiger partial charge in [-0.1, -0.05) is 13.8 Å². The fraction of sp³-hybridized carbons (Fsp3) is 1.00. The molecule has 0 aliphatic carbocycles. The summed E-state index contributed by atoms with van der Waals surface area (Å²) in [5.74, 6) is 0. The largest absolute Gasteiger partial charge is 0.310 e. The first kappa shape index (κ1) is 8.72. The standard InChI is InChI=1S/C4H11BNS2/c1-3(2)6-4(7)5-8/h3-4,6-8H,1-2H3. The van der Waals surface area contributed by atoms with Gasteiger partial charge in [0.2, 0.25) is 6.56 Å². The second-order valence-electron chi connectivity index (χ2n) is 1.92. The number of hydrogen-bond donors (Lipinski definition) is 3. The third kappa shape index (κ3) is 4.87. The summed E-state index contributed by atoms with van der Waals surface area (Å²) >= 11 is 8.05. The molecule has 4 heteroatoms. The minimum absolute atomic E-state index is 0.110. The summed E-state index contributed by atoms with van der Waals surface area (Å²) in [5.41, 5.74) is 0. The number of thiol groups is 2. The van der Waals surface area contributed by atoms with E-state index in [2.05, 4.69) is 44.3 Å². The van der Waals surface area contributed by atoms with Crippen LogP contribution in [0, 0.1) is 0 Å². The van der Waals surface area contributed by atoms with Crippen LogP contribution in [0.1, 0.15) is 13.8 Å². The third-order valence-corrected chi connectivity index (χ3v) is 1.48. The molecule has 1 radical (unpaired) electrons. The maximum absolute atomic E-state index is 4.13. The maximum Gasteiger partial charge on any atom is 0.220 e. The van der Waals surface area contributed by atoms with Gasteiger partial charge in [-0.05, 0) is 0 Å². The Hall–Kier alpha value is 0.725.